The van der Waals surface area contributed by atoms with Crippen molar-refractivity contribution in [2.45, 2.75) is 37.8 Å². The van der Waals surface area contributed by atoms with Gasteiger partial charge in [-0.2, -0.15) is 0 Å². The molecule has 0 heterocycles. The van der Waals surface area contributed by atoms with E-state index in [-0.39, 0.29) is 30.2 Å². The van der Waals surface area contributed by atoms with Gasteiger partial charge in [-0.05, 0) is 47.9 Å². The molecule has 0 spiro atoms. The second-order valence-electron chi connectivity index (χ2n) is 6.97. The zero-order valence-corrected chi connectivity index (χ0v) is 16.3. The Morgan fingerprint density at radius 1 is 0.846 bits per heavy atom. The molecule has 4 nitrogen and oxygen atoms in total. The number of nitrogens with one attached hydrogen (secondary N) is 2. The molecule has 26 heavy (non-hydrogen) atoms. The van der Waals surface area contributed by atoms with Crippen LogP contribution in [0.5, 0.6) is 0 Å². The third-order valence-corrected chi connectivity index (χ3v) is 6.73. The van der Waals surface area contributed by atoms with E-state index in [4.69, 9.17) is 0 Å². The molecule has 0 amide bonds. The molecule has 2 aromatic carbocycles. The average molecular weight is 393 g/mol. The minimum atomic E-state index is -3.29. The van der Waals surface area contributed by atoms with E-state index >= 15 is 0 Å². The molecule has 0 aromatic heterocycles. The third-order valence-electron chi connectivity index (χ3n) is 5.35. The van der Waals surface area contributed by atoms with E-state index in [0.717, 1.165) is 31.2 Å². The highest BCUT2D eigenvalue weighted by molar-refractivity contribution is 7.89. The van der Waals surface area contributed by atoms with E-state index in [0.29, 0.717) is 6.54 Å². The number of aryl methyl sites for hydroxylation is 2. The summed E-state index contributed by atoms with van der Waals surface area (Å²) in [7, 11) is -3.29. The monoisotopic (exact) mass is 392 g/mol. The lowest BCUT2D eigenvalue weighted by Gasteiger charge is -2.17. The summed E-state index contributed by atoms with van der Waals surface area (Å²) in [4.78, 5) is 0. The molecule has 6 heteroatoms. The van der Waals surface area contributed by atoms with Gasteiger partial charge in [0, 0.05) is 18.6 Å². The fourth-order valence-electron chi connectivity index (χ4n) is 4.09. The van der Waals surface area contributed by atoms with Gasteiger partial charge in [-0.15, -0.1) is 12.4 Å². The molecule has 2 aliphatic rings. The SMILES string of the molecule is Cl.O=S(=O)(CCN[C@@H]1CCc2ccccc21)N[C@@H]1CCc2ccccc21. The Hall–Kier alpha value is -1.40. The van der Waals surface area contributed by atoms with Crippen molar-refractivity contribution in [1.29, 1.82) is 0 Å². The first kappa shape index (κ1) is 19.4. The van der Waals surface area contributed by atoms with E-state index in [2.05, 4.69) is 40.4 Å². The number of hydrogen-bond acceptors (Lipinski definition) is 3. The summed E-state index contributed by atoms with van der Waals surface area (Å²) in [5.41, 5.74) is 5.08. The normalized spacial score (nSPS) is 21.1. The number of hydrogen-bond donors (Lipinski definition) is 2. The van der Waals surface area contributed by atoms with Gasteiger partial charge >= 0.3 is 0 Å². The van der Waals surface area contributed by atoms with Gasteiger partial charge in [0.05, 0.1) is 5.75 Å². The fraction of sp³-hybridized carbons (Fsp3) is 0.400. The Morgan fingerprint density at radius 3 is 2.04 bits per heavy atom. The Labute approximate surface area is 161 Å². The topological polar surface area (TPSA) is 58.2 Å². The molecule has 0 fully saturated rings. The van der Waals surface area contributed by atoms with Crippen LogP contribution in [0.1, 0.15) is 47.2 Å². The van der Waals surface area contributed by atoms with Gasteiger partial charge in [0.1, 0.15) is 0 Å². The summed E-state index contributed by atoms with van der Waals surface area (Å²) < 4.78 is 27.8. The van der Waals surface area contributed by atoms with Crippen molar-refractivity contribution < 1.29 is 8.42 Å². The van der Waals surface area contributed by atoms with Gasteiger partial charge in [0.2, 0.25) is 10.0 Å². The maximum atomic E-state index is 12.5. The Morgan fingerprint density at radius 2 is 1.38 bits per heavy atom. The molecule has 2 aromatic rings. The van der Waals surface area contributed by atoms with Crippen molar-refractivity contribution in [3.05, 3.63) is 70.8 Å². The first-order valence-corrected chi connectivity index (χ1v) is 10.7. The van der Waals surface area contributed by atoms with Crippen LogP contribution in [0.2, 0.25) is 0 Å². The van der Waals surface area contributed by atoms with Crippen LogP contribution in [0.3, 0.4) is 0 Å². The Bertz CT molecular complexity index is 870. The molecule has 0 saturated carbocycles. The standard InChI is InChI=1S/C20H24N2O2S.ClH/c23-25(24,22-20-12-10-16-6-2-4-8-18(16)20)14-13-21-19-11-9-15-5-1-3-7-17(15)19;/h1-8,19-22H,9-14H2;1H/t19-,20-;/m1./s1. The molecular formula is C20H25ClN2O2S. The highest BCUT2D eigenvalue weighted by Gasteiger charge is 2.26. The van der Waals surface area contributed by atoms with Gasteiger partial charge in [-0.25, -0.2) is 13.1 Å². The van der Waals surface area contributed by atoms with Crippen LogP contribution in [0, 0.1) is 0 Å². The lowest BCUT2D eigenvalue weighted by Crippen LogP contribution is -2.34. The van der Waals surface area contributed by atoms with Crippen LogP contribution in [-0.4, -0.2) is 20.7 Å². The van der Waals surface area contributed by atoms with Crippen LogP contribution in [0.15, 0.2) is 48.5 Å². The highest BCUT2D eigenvalue weighted by atomic mass is 35.5. The summed E-state index contributed by atoms with van der Waals surface area (Å²) in [6, 6.07) is 16.7. The zero-order valence-electron chi connectivity index (χ0n) is 14.6. The summed E-state index contributed by atoms with van der Waals surface area (Å²) in [6.45, 7) is 0.475. The van der Waals surface area contributed by atoms with E-state index in [1.54, 1.807) is 0 Å². The van der Waals surface area contributed by atoms with E-state index in [1.165, 1.54) is 16.7 Å². The molecule has 0 unspecified atom stereocenters. The van der Waals surface area contributed by atoms with Crippen molar-refractivity contribution in [2.75, 3.05) is 12.3 Å². The number of halogens is 1. The van der Waals surface area contributed by atoms with Crippen LogP contribution < -0.4 is 10.0 Å². The maximum Gasteiger partial charge on any atom is 0.213 e. The van der Waals surface area contributed by atoms with E-state index in [9.17, 15) is 8.42 Å². The van der Waals surface area contributed by atoms with E-state index in [1.807, 2.05) is 18.2 Å². The predicted molar refractivity (Wildman–Crippen MR) is 107 cm³/mol. The molecule has 2 N–H and O–H groups in total. The molecule has 0 saturated heterocycles. The first-order valence-electron chi connectivity index (χ1n) is 9.01. The van der Waals surface area contributed by atoms with Gasteiger partial charge in [0.25, 0.3) is 0 Å². The lowest BCUT2D eigenvalue weighted by molar-refractivity contribution is 0.529. The summed E-state index contributed by atoms with van der Waals surface area (Å²) in [5.74, 6) is 0.115. The van der Waals surface area contributed by atoms with Crippen LogP contribution >= 0.6 is 12.4 Å². The van der Waals surface area contributed by atoms with Crippen LogP contribution in [-0.2, 0) is 22.9 Å². The predicted octanol–water partition coefficient (Wildman–Crippen LogP) is 3.29. The second kappa shape index (κ2) is 8.09. The van der Waals surface area contributed by atoms with Gasteiger partial charge < -0.3 is 5.32 Å². The van der Waals surface area contributed by atoms with Crippen LogP contribution in [0.25, 0.3) is 0 Å². The Balaban J connectivity index is 0.00000196. The number of sulfonamides is 1. The maximum absolute atomic E-state index is 12.5. The van der Waals surface area contributed by atoms with Crippen molar-refractivity contribution in [3.63, 3.8) is 0 Å². The summed E-state index contributed by atoms with van der Waals surface area (Å²) in [5, 5.41) is 3.42. The first-order chi connectivity index (χ1) is 12.1. The minimum absolute atomic E-state index is 0. The molecule has 140 valence electrons. The quantitative estimate of drug-likeness (QED) is 0.793. The smallest absolute Gasteiger partial charge is 0.213 e. The average Bonchev–Trinajstić information content (AvgIpc) is 3.20. The molecule has 0 radical (unpaired) electrons. The molecule has 0 aliphatic heterocycles. The largest absolute Gasteiger partial charge is 0.309 e. The summed E-state index contributed by atoms with van der Waals surface area (Å²) >= 11 is 0. The summed E-state index contributed by atoms with van der Waals surface area (Å²) in [6.07, 6.45) is 3.91. The van der Waals surface area contributed by atoms with Gasteiger partial charge in [-0.1, -0.05) is 48.5 Å². The molecule has 0 bridgehead atoms. The van der Waals surface area contributed by atoms with Crippen molar-refractivity contribution >= 4 is 22.4 Å². The Kier molecular flexibility index (Phi) is 6.03. The van der Waals surface area contributed by atoms with Crippen molar-refractivity contribution in [1.82, 2.24) is 10.0 Å². The number of rotatable bonds is 6. The number of fused-ring (bicyclic) bond motifs is 2. The fourth-order valence-corrected chi connectivity index (χ4v) is 5.27. The minimum Gasteiger partial charge on any atom is -0.309 e. The van der Waals surface area contributed by atoms with Gasteiger partial charge in [-0.3, -0.25) is 0 Å². The van der Waals surface area contributed by atoms with Crippen molar-refractivity contribution in [2.24, 2.45) is 0 Å². The van der Waals surface area contributed by atoms with Crippen LogP contribution in [0.4, 0.5) is 0 Å². The molecule has 2 atom stereocenters. The van der Waals surface area contributed by atoms with Gasteiger partial charge in [0.15, 0.2) is 0 Å². The second-order valence-corrected chi connectivity index (χ2v) is 8.84. The molecular weight excluding hydrogens is 368 g/mol. The van der Waals surface area contributed by atoms with Crippen molar-refractivity contribution in [3.8, 4) is 0 Å². The molecule has 4 rings (SSSR count). The third kappa shape index (κ3) is 4.12. The number of benzene rings is 2. The zero-order chi connectivity index (χ0) is 17.3. The lowest BCUT2D eigenvalue weighted by atomic mass is 10.1. The highest BCUT2D eigenvalue weighted by Crippen LogP contribution is 2.32. The molecule has 2 aliphatic carbocycles. The van der Waals surface area contributed by atoms with E-state index < -0.39 is 10.0 Å².